The van der Waals surface area contributed by atoms with Crippen LogP contribution in [0.3, 0.4) is 0 Å². The van der Waals surface area contributed by atoms with E-state index in [1.54, 1.807) is 36.4 Å². The summed E-state index contributed by atoms with van der Waals surface area (Å²) in [5.41, 5.74) is 5.87. The van der Waals surface area contributed by atoms with Gasteiger partial charge >= 0.3 is 0 Å². The van der Waals surface area contributed by atoms with E-state index in [1.165, 1.54) is 30.4 Å². The number of furan rings is 1. The molecule has 2 aromatic carbocycles. The van der Waals surface area contributed by atoms with Crippen LogP contribution in [0.4, 0.5) is 5.69 Å². The molecule has 1 heterocycles. The minimum Gasteiger partial charge on any atom is -0.493 e. The zero-order chi connectivity index (χ0) is 23.8. The van der Waals surface area contributed by atoms with Gasteiger partial charge in [0.2, 0.25) is 5.91 Å². The molecule has 9 nitrogen and oxygen atoms in total. The minimum atomic E-state index is -0.692. The number of carbonyl (C=O) groups excluding carboxylic acids is 3. The number of hydrogen-bond acceptors (Lipinski definition) is 6. The Kier molecular flexibility index (Phi) is 7.93. The van der Waals surface area contributed by atoms with Crippen LogP contribution in [0.5, 0.6) is 11.5 Å². The third-order valence-corrected chi connectivity index (χ3v) is 4.72. The molecule has 0 atom stereocenters. The van der Waals surface area contributed by atoms with Crippen LogP contribution < -0.4 is 20.5 Å². The van der Waals surface area contributed by atoms with Gasteiger partial charge in [0.1, 0.15) is 12.3 Å². The van der Waals surface area contributed by atoms with Crippen molar-refractivity contribution in [2.45, 2.75) is 6.54 Å². The van der Waals surface area contributed by atoms with Crippen LogP contribution in [0.2, 0.25) is 5.02 Å². The summed E-state index contributed by atoms with van der Waals surface area (Å²) in [5, 5.41) is 2.80. The minimum absolute atomic E-state index is 0.0469. The zero-order valence-electron chi connectivity index (χ0n) is 17.7. The third-order valence-electron chi connectivity index (χ3n) is 4.44. The van der Waals surface area contributed by atoms with Gasteiger partial charge < -0.3 is 29.8 Å². The highest BCUT2D eigenvalue weighted by Gasteiger charge is 2.23. The quantitative estimate of drug-likeness (QED) is 0.468. The maximum atomic E-state index is 13.3. The molecule has 3 amide bonds. The highest BCUT2D eigenvalue weighted by atomic mass is 35.5. The molecule has 3 N–H and O–H groups in total. The first-order valence-electron chi connectivity index (χ1n) is 9.82. The smallest absolute Gasteiger partial charge is 0.255 e. The average molecular weight is 472 g/mol. The van der Waals surface area contributed by atoms with Crippen molar-refractivity contribution in [3.05, 3.63) is 77.2 Å². The van der Waals surface area contributed by atoms with Gasteiger partial charge in [0.25, 0.3) is 11.8 Å². The zero-order valence-corrected chi connectivity index (χ0v) is 18.5. The Bertz CT molecular complexity index is 1120. The summed E-state index contributed by atoms with van der Waals surface area (Å²) in [6.07, 6.45) is 1.48. The molecule has 1 aromatic heterocycles. The summed E-state index contributed by atoms with van der Waals surface area (Å²) in [6.45, 7) is -0.601. The lowest BCUT2D eigenvalue weighted by Crippen LogP contribution is -2.37. The van der Waals surface area contributed by atoms with Gasteiger partial charge in [-0.25, -0.2) is 0 Å². The van der Waals surface area contributed by atoms with E-state index in [9.17, 15) is 14.4 Å². The topological polar surface area (TPSA) is 124 Å². The number of primary amides is 1. The third kappa shape index (κ3) is 6.50. The van der Waals surface area contributed by atoms with Gasteiger partial charge in [0.05, 0.1) is 24.9 Å². The maximum absolute atomic E-state index is 13.3. The van der Waals surface area contributed by atoms with Crippen LogP contribution >= 0.6 is 11.6 Å². The molecule has 172 valence electrons. The first kappa shape index (κ1) is 23.7. The van der Waals surface area contributed by atoms with Gasteiger partial charge in [-0.3, -0.25) is 14.4 Å². The van der Waals surface area contributed by atoms with Gasteiger partial charge in [-0.2, -0.15) is 0 Å². The molecule has 0 saturated heterocycles. The number of nitrogens with one attached hydrogen (secondary N) is 1. The van der Waals surface area contributed by atoms with Crippen LogP contribution in [0.1, 0.15) is 16.1 Å². The number of nitrogens with two attached hydrogens (primary N) is 1. The number of ether oxygens (including phenoxy) is 2. The highest BCUT2D eigenvalue weighted by Crippen LogP contribution is 2.36. The van der Waals surface area contributed by atoms with E-state index in [-0.39, 0.29) is 41.1 Å². The van der Waals surface area contributed by atoms with Gasteiger partial charge in [0.15, 0.2) is 18.1 Å². The fourth-order valence-corrected chi connectivity index (χ4v) is 3.26. The summed E-state index contributed by atoms with van der Waals surface area (Å²) in [4.78, 5) is 38.3. The Balaban J connectivity index is 1.85. The van der Waals surface area contributed by atoms with Crippen molar-refractivity contribution in [1.82, 2.24) is 4.90 Å². The van der Waals surface area contributed by atoms with E-state index >= 15 is 0 Å². The van der Waals surface area contributed by atoms with Crippen molar-refractivity contribution in [2.24, 2.45) is 5.73 Å². The Morgan fingerprint density at radius 3 is 2.52 bits per heavy atom. The predicted molar refractivity (Wildman–Crippen MR) is 121 cm³/mol. The van der Waals surface area contributed by atoms with Crippen molar-refractivity contribution in [3.63, 3.8) is 0 Å². The molecule has 0 unspecified atom stereocenters. The van der Waals surface area contributed by atoms with Crippen molar-refractivity contribution in [1.29, 1.82) is 0 Å². The van der Waals surface area contributed by atoms with Gasteiger partial charge in [0, 0.05) is 11.3 Å². The predicted octanol–water partition coefficient (Wildman–Crippen LogP) is 3.09. The number of para-hydroxylation sites is 1. The van der Waals surface area contributed by atoms with Crippen molar-refractivity contribution >= 4 is 35.0 Å². The fourth-order valence-electron chi connectivity index (χ4n) is 2.99. The van der Waals surface area contributed by atoms with E-state index in [1.807, 2.05) is 6.07 Å². The number of carbonyl (C=O) groups is 3. The molecule has 0 saturated carbocycles. The summed E-state index contributed by atoms with van der Waals surface area (Å²) in [7, 11) is 1.37. The van der Waals surface area contributed by atoms with E-state index in [4.69, 9.17) is 31.2 Å². The molecular weight excluding hydrogens is 450 g/mol. The Labute approximate surface area is 195 Å². The Morgan fingerprint density at radius 2 is 1.88 bits per heavy atom. The van der Waals surface area contributed by atoms with Gasteiger partial charge in [-0.1, -0.05) is 29.8 Å². The van der Waals surface area contributed by atoms with Crippen LogP contribution in [0.25, 0.3) is 0 Å². The molecule has 10 heteroatoms. The first-order chi connectivity index (χ1) is 15.9. The molecule has 0 aliphatic rings. The largest absolute Gasteiger partial charge is 0.493 e. The van der Waals surface area contributed by atoms with E-state index in [0.29, 0.717) is 11.4 Å². The molecule has 0 aliphatic heterocycles. The second-order valence-electron chi connectivity index (χ2n) is 6.90. The number of benzene rings is 2. The molecule has 3 aromatic rings. The van der Waals surface area contributed by atoms with Gasteiger partial charge in [-0.15, -0.1) is 0 Å². The summed E-state index contributed by atoms with van der Waals surface area (Å²) in [6, 6.07) is 15.1. The van der Waals surface area contributed by atoms with Crippen LogP contribution in [0.15, 0.2) is 65.3 Å². The summed E-state index contributed by atoms with van der Waals surface area (Å²) >= 11 is 6.28. The molecule has 0 aliphatic carbocycles. The molecular formula is C23H22ClN3O6. The molecule has 0 bridgehead atoms. The van der Waals surface area contributed by atoms with Crippen molar-refractivity contribution in [2.75, 3.05) is 25.6 Å². The standard InChI is InChI=1S/C23H22ClN3O6/c1-31-19-11-15(10-18(24)22(19)33-14-20(25)28)23(30)27(12-17-8-5-9-32-17)13-21(29)26-16-6-3-2-4-7-16/h2-11H,12-14H2,1H3,(H2,25,28)(H,26,29). The molecule has 0 radical (unpaired) electrons. The maximum Gasteiger partial charge on any atom is 0.255 e. The lowest BCUT2D eigenvalue weighted by atomic mass is 10.1. The second kappa shape index (κ2) is 11.1. The Morgan fingerprint density at radius 1 is 1.12 bits per heavy atom. The molecule has 0 spiro atoms. The van der Waals surface area contributed by atoms with Crippen LogP contribution in [-0.2, 0) is 16.1 Å². The van der Waals surface area contributed by atoms with Crippen LogP contribution in [-0.4, -0.2) is 42.9 Å². The number of hydrogen-bond donors (Lipinski definition) is 2. The second-order valence-corrected chi connectivity index (χ2v) is 7.31. The van der Waals surface area contributed by atoms with E-state index < -0.39 is 18.4 Å². The van der Waals surface area contributed by atoms with Crippen molar-refractivity contribution < 1.29 is 28.3 Å². The number of methoxy groups -OCH3 is 1. The van der Waals surface area contributed by atoms with E-state index in [0.717, 1.165) is 0 Å². The lowest BCUT2D eigenvalue weighted by molar-refractivity contribution is -0.120. The van der Waals surface area contributed by atoms with Gasteiger partial charge in [-0.05, 0) is 36.4 Å². The Hall–Kier alpha value is -3.98. The first-order valence-corrected chi connectivity index (χ1v) is 10.2. The van der Waals surface area contributed by atoms with E-state index in [2.05, 4.69) is 5.32 Å². The monoisotopic (exact) mass is 471 g/mol. The van der Waals surface area contributed by atoms with Crippen molar-refractivity contribution in [3.8, 4) is 11.5 Å². The SMILES string of the molecule is COc1cc(C(=O)N(CC(=O)Nc2ccccc2)Cc2ccco2)cc(Cl)c1OCC(N)=O. The summed E-state index contributed by atoms with van der Waals surface area (Å²) in [5.74, 6) is -0.859. The fraction of sp³-hybridized carbons (Fsp3) is 0.174. The number of amides is 3. The number of halogens is 1. The summed E-state index contributed by atoms with van der Waals surface area (Å²) < 4.78 is 15.9. The molecule has 33 heavy (non-hydrogen) atoms. The average Bonchev–Trinajstić information content (AvgIpc) is 3.30. The van der Waals surface area contributed by atoms with Crippen LogP contribution in [0, 0.1) is 0 Å². The normalized spacial score (nSPS) is 10.4. The number of nitrogens with zero attached hydrogens (tertiary/aromatic N) is 1. The number of rotatable bonds is 10. The number of anilines is 1. The molecule has 0 fully saturated rings. The highest BCUT2D eigenvalue weighted by molar-refractivity contribution is 6.32. The molecule has 3 rings (SSSR count). The lowest BCUT2D eigenvalue weighted by Gasteiger charge is -2.22.